The van der Waals surface area contributed by atoms with Crippen molar-refractivity contribution in [2.24, 2.45) is 0 Å². The summed E-state index contributed by atoms with van der Waals surface area (Å²) < 4.78 is 0. The summed E-state index contributed by atoms with van der Waals surface area (Å²) >= 11 is 0. The molecule has 1 unspecified atom stereocenters. The summed E-state index contributed by atoms with van der Waals surface area (Å²) in [5.41, 5.74) is 4.82. The lowest BCUT2D eigenvalue weighted by Crippen LogP contribution is -2.21. The first-order valence-electron chi connectivity index (χ1n) is 6.37. The van der Waals surface area contributed by atoms with Crippen molar-refractivity contribution in [2.45, 2.75) is 47.1 Å². The van der Waals surface area contributed by atoms with E-state index in [0.717, 1.165) is 24.4 Å². The van der Waals surface area contributed by atoms with Crippen molar-refractivity contribution in [3.63, 3.8) is 0 Å². The highest BCUT2D eigenvalue weighted by molar-refractivity contribution is 5.29. The van der Waals surface area contributed by atoms with Crippen LogP contribution < -0.4 is 5.32 Å². The Labute approximate surface area is 105 Å². The summed E-state index contributed by atoms with van der Waals surface area (Å²) in [6, 6.07) is 4.56. The molecule has 0 saturated carbocycles. The topological polar surface area (TPSA) is 24.9 Å². The second-order valence-electron chi connectivity index (χ2n) is 4.80. The molecule has 1 aromatic heterocycles. The molecule has 0 aliphatic rings. The van der Waals surface area contributed by atoms with Gasteiger partial charge in [-0.05, 0) is 52.3 Å². The molecule has 17 heavy (non-hydrogen) atoms. The molecule has 1 atom stereocenters. The van der Waals surface area contributed by atoms with Gasteiger partial charge in [-0.25, -0.2) is 0 Å². The van der Waals surface area contributed by atoms with Crippen molar-refractivity contribution in [2.75, 3.05) is 6.54 Å². The Kier molecular flexibility index (Phi) is 5.36. The average molecular weight is 232 g/mol. The molecule has 2 nitrogen and oxygen atoms in total. The minimum absolute atomic E-state index is 0.285. The van der Waals surface area contributed by atoms with Gasteiger partial charge in [-0.15, -0.1) is 0 Å². The number of nitrogens with zero attached hydrogens (tertiary/aromatic N) is 1. The Balaban J connectivity index is 2.99. The highest BCUT2D eigenvalue weighted by Gasteiger charge is 2.11. The van der Waals surface area contributed by atoms with Gasteiger partial charge in [0.05, 0.1) is 6.04 Å². The lowest BCUT2D eigenvalue weighted by Gasteiger charge is -2.18. The van der Waals surface area contributed by atoms with Crippen LogP contribution in [0, 0.1) is 13.8 Å². The molecule has 0 aromatic carbocycles. The summed E-state index contributed by atoms with van der Waals surface area (Å²) in [5.74, 6) is 0. The van der Waals surface area contributed by atoms with E-state index in [2.05, 4.69) is 56.2 Å². The smallest absolute Gasteiger partial charge is 0.0526 e. The van der Waals surface area contributed by atoms with Crippen LogP contribution in [0.15, 0.2) is 23.8 Å². The van der Waals surface area contributed by atoms with Gasteiger partial charge in [-0.1, -0.05) is 24.6 Å². The SMILES string of the molecule is CCCNC(C=C(C)C)c1ccc(C)nc1C. The second-order valence-corrected chi connectivity index (χ2v) is 4.80. The highest BCUT2D eigenvalue weighted by Crippen LogP contribution is 2.19. The fraction of sp³-hybridized carbons (Fsp3) is 0.533. The molecular weight excluding hydrogens is 208 g/mol. The van der Waals surface area contributed by atoms with Crippen LogP contribution in [0.3, 0.4) is 0 Å². The van der Waals surface area contributed by atoms with E-state index in [9.17, 15) is 0 Å². The molecule has 1 rings (SSSR count). The molecule has 94 valence electrons. The second kappa shape index (κ2) is 6.55. The molecule has 0 aliphatic heterocycles. The van der Waals surface area contributed by atoms with Crippen LogP contribution in [0.25, 0.3) is 0 Å². The Bertz CT molecular complexity index is 390. The predicted octanol–water partition coefficient (Wildman–Crippen LogP) is 3.71. The van der Waals surface area contributed by atoms with E-state index in [-0.39, 0.29) is 6.04 Å². The van der Waals surface area contributed by atoms with E-state index in [4.69, 9.17) is 0 Å². The van der Waals surface area contributed by atoms with Crippen molar-refractivity contribution in [3.8, 4) is 0 Å². The van der Waals surface area contributed by atoms with Crippen molar-refractivity contribution >= 4 is 0 Å². The van der Waals surface area contributed by atoms with Crippen LogP contribution in [0.5, 0.6) is 0 Å². The molecule has 0 amide bonds. The van der Waals surface area contributed by atoms with Crippen LogP contribution in [0.2, 0.25) is 0 Å². The third kappa shape index (κ3) is 4.31. The molecule has 0 spiro atoms. The zero-order chi connectivity index (χ0) is 12.8. The number of pyridine rings is 1. The van der Waals surface area contributed by atoms with Crippen molar-refractivity contribution in [1.82, 2.24) is 10.3 Å². The van der Waals surface area contributed by atoms with Crippen LogP contribution in [0.4, 0.5) is 0 Å². The summed E-state index contributed by atoms with van der Waals surface area (Å²) in [5, 5.41) is 3.56. The van der Waals surface area contributed by atoms with E-state index in [0.29, 0.717) is 0 Å². The Morgan fingerprint density at radius 3 is 2.59 bits per heavy atom. The molecular formula is C15H24N2. The average Bonchev–Trinajstić information content (AvgIpc) is 2.24. The van der Waals surface area contributed by atoms with E-state index >= 15 is 0 Å². The minimum Gasteiger partial charge on any atom is -0.307 e. The van der Waals surface area contributed by atoms with Gasteiger partial charge in [0.2, 0.25) is 0 Å². The predicted molar refractivity (Wildman–Crippen MR) is 74.2 cm³/mol. The van der Waals surface area contributed by atoms with Gasteiger partial charge in [-0.2, -0.15) is 0 Å². The first-order chi connectivity index (χ1) is 8.04. The van der Waals surface area contributed by atoms with E-state index in [1.807, 2.05) is 6.92 Å². The first-order valence-corrected chi connectivity index (χ1v) is 6.37. The lowest BCUT2D eigenvalue weighted by molar-refractivity contribution is 0.605. The molecule has 1 heterocycles. The molecule has 0 aliphatic carbocycles. The summed E-state index contributed by atoms with van der Waals surface area (Å²) in [4.78, 5) is 4.54. The molecule has 0 radical (unpaired) electrons. The van der Waals surface area contributed by atoms with Gasteiger partial charge in [0.25, 0.3) is 0 Å². The lowest BCUT2D eigenvalue weighted by atomic mass is 10.0. The molecule has 2 heteroatoms. The number of aryl methyl sites for hydroxylation is 2. The molecule has 1 aromatic rings. The highest BCUT2D eigenvalue weighted by atomic mass is 14.9. The van der Waals surface area contributed by atoms with Crippen LogP contribution in [-0.2, 0) is 0 Å². The van der Waals surface area contributed by atoms with Crippen molar-refractivity contribution in [3.05, 3.63) is 40.7 Å². The zero-order valence-corrected chi connectivity index (χ0v) is 11.7. The van der Waals surface area contributed by atoms with Crippen molar-refractivity contribution in [1.29, 1.82) is 0 Å². The molecule has 0 bridgehead atoms. The number of hydrogen-bond donors (Lipinski definition) is 1. The maximum Gasteiger partial charge on any atom is 0.0526 e. The first kappa shape index (κ1) is 13.9. The summed E-state index contributed by atoms with van der Waals surface area (Å²) in [6.45, 7) is 11.6. The van der Waals surface area contributed by atoms with Crippen LogP contribution in [-0.4, -0.2) is 11.5 Å². The van der Waals surface area contributed by atoms with Crippen LogP contribution in [0.1, 0.15) is 50.2 Å². The number of hydrogen-bond acceptors (Lipinski definition) is 2. The normalized spacial score (nSPS) is 12.3. The van der Waals surface area contributed by atoms with Gasteiger partial charge < -0.3 is 5.32 Å². The standard InChI is InChI=1S/C15H24N2/c1-6-9-16-15(10-11(2)3)14-8-7-12(4)17-13(14)5/h7-8,10,15-16H,6,9H2,1-5H3. The zero-order valence-electron chi connectivity index (χ0n) is 11.7. The van der Waals surface area contributed by atoms with Gasteiger partial charge >= 0.3 is 0 Å². The van der Waals surface area contributed by atoms with Crippen LogP contribution >= 0.6 is 0 Å². The van der Waals surface area contributed by atoms with E-state index in [1.165, 1.54) is 11.1 Å². The van der Waals surface area contributed by atoms with Gasteiger partial charge in [0.15, 0.2) is 0 Å². The Morgan fingerprint density at radius 1 is 1.35 bits per heavy atom. The van der Waals surface area contributed by atoms with Gasteiger partial charge in [0, 0.05) is 11.4 Å². The van der Waals surface area contributed by atoms with Gasteiger partial charge in [-0.3, -0.25) is 4.98 Å². The number of aromatic nitrogens is 1. The summed E-state index contributed by atoms with van der Waals surface area (Å²) in [6.07, 6.45) is 3.42. The molecule has 0 saturated heterocycles. The fourth-order valence-electron chi connectivity index (χ4n) is 1.92. The number of rotatable bonds is 5. The monoisotopic (exact) mass is 232 g/mol. The fourth-order valence-corrected chi connectivity index (χ4v) is 1.92. The largest absolute Gasteiger partial charge is 0.307 e. The molecule has 1 N–H and O–H groups in total. The number of allylic oxidation sites excluding steroid dienone is 1. The van der Waals surface area contributed by atoms with E-state index < -0.39 is 0 Å². The number of nitrogens with one attached hydrogen (secondary N) is 1. The Morgan fingerprint density at radius 2 is 2.06 bits per heavy atom. The third-order valence-electron chi connectivity index (χ3n) is 2.72. The quantitative estimate of drug-likeness (QED) is 0.783. The maximum atomic E-state index is 4.54. The minimum atomic E-state index is 0.285. The Hall–Kier alpha value is -1.15. The maximum absolute atomic E-state index is 4.54. The summed E-state index contributed by atoms with van der Waals surface area (Å²) in [7, 11) is 0. The van der Waals surface area contributed by atoms with E-state index in [1.54, 1.807) is 0 Å². The van der Waals surface area contributed by atoms with Crippen molar-refractivity contribution < 1.29 is 0 Å². The third-order valence-corrected chi connectivity index (χ3v) is 2.72. The molecule has 0 fully saturated rings. The van der Waals surface area contributed by atoms with Gasteiger partial charge in [0.1, 0.15) is 0 Å².